The fourth-order valence-corrected chi connectivity index (χ4v) is 5.55. The highest BCUT2D eigenvalue weighted by Crippen LogP contribution is 2.58. The second-order valence-electron chi connectivity index (χ2n) is 6.26. The summed E-state index contributed by atoms with van der Waals surface area (Å²) in [7, 11) is -3.55. The summed E-state index contributed by atoms with van der Waals surface area (Å²) in [5.41, 5.74) is -0.482. The predicted molar refractivity (Wildman–Crippen MR) is 66.1 cm³/mol. The van der Waals surface area contributed by atoms with Gasteiger partial charge < -0.3 is 0 Å². The maximum atomic E-state index is 12.4. The Morgan fingerprint density at radius 1 is 1.35 bits per heavy atom. The summed E-state index contributed by atoms with van der Waals surface area (Å²) in [6, 6.07) is -0.162. The Kier molecular flexibility index (Phi) is 2.71. The van der Waals surface area contributed by atoms with Crippen molar-refractivity contribution in [3.05, 3.63) is 0 Å². The van der Waals surface area contributed by atoms with E-state index in [1.54, 1.807) is 13.8 Å². The van der Waals surface area contributed by atoms with E-state index in [0.29, 0.717) is 12.8 Å². The van der Waals surface area contributed by atoms with Gasteiger partial charge in [-0.15, -0.1) is 0 Å². The van der Waals surface area contributed by atoms with Crippen molar-refractivity contribution in [2.75, 3.05) is 0 Å². The maximum Gasteiger partial charge on any atom is 0.224 e. The van der Waals surface area contributed by atoms with Crippen molar-refractivity contribution >= 4 is 15.8 Å². The second-order valence-corrected chi connectivity index (χ2v) is 8.28. The zero-order valence-corrected chi connectivity index (χ0v) is 11.7. The summed E-state index contributed by atoms with van der Waals surface area (Å²) in [5.74, 6) is 0.133. The minimum absolute atomic E-state index is 0.0885. The molecule has 0 heterocycles. The lowest BCUT2D eigenvalue weighted by Crippen LogP contribution is -2.53. The van der Waals surface area contributed by atoms with Gasteiger partial charge in [-0.25, -0.2) is 13.1 Å². The van der Waals surface area contributed by atoms with Crippen molar-refractivity contribution in [3.63, 3.8) is 0 Å². The highest BCUT2D eigenvalue weighted by atomic mass is 32.2. The van der Waals surface area contributed by atoms with Crippen LogP contribution >= 0.6 is 0 Å². The molecule has 0 spiro atoms. The molecule has 1 unspecified atom stereocenters. The molecule has 2 fully saturated rings. The second kappa shape index (κ2) is 3.54. The molecular formula is C12H21NO3S. The Labute approximate surface area is 103 Å². The van der Waals surface area contributed by atoms with Crippen LogP contribution in [-0.2, 0) is 14.8 Å². The zero-order valence-electron chi connectivity index (χ0n) is 10.9. The highest BCUT2D eigenvalue weighted by Gasteiger charge is 2.67. The SMILES string of the molecule is CC(C)NS(=O)(=O)[C@]12CCC(C1)C(C)(C)C2=O. The van der Waals surface area contributed by atoms with Gasteiger partial charge in [0.05, 0.1) is 0 Å². The number of hydrogen-bond acceptors (Lipinski definition) is 3. The molecule has 0 aromatic rings. The quantitative estimate of drug-likeness (QED) is 0.834. The van der Waals surface area contributed by atoms with Crippen LogP contribution in [0.2, 0.25) is 0 Å². The summed E-state index contributed by atoms with van der Waals surface area (Å²) >= 11 is 0. The molecule has 0 aromatic heterocycles. The fourth-order valence-electron chi connectivity index (χ4n) is 3.39. The van der Waals surface area contributed by atoms with Gasteiger partial charge in [-0.2, -0.15) is 0 Å². The molecule has 2 aliphatic carbocycles. The summed E-state index contributed by atoms with van der Waals surface area (Å²) in [5, 5.41) is 0. The van der Waals surface area contributed by atoms with Crippen LogP contribution in [0.3, 0.4) is 0 Å². The average Bonchev–Trinajstić information content (AvgIpc) is 2.66. The van der Waals surface area contributed by atoms with E-state index in [1.807, 2.05) is 13.8 Å². The summed E-state index contributed by atoms with van der Waals surface area (Å²) in [4.78, 5) is 12.4. The fraction of sp³-hybridized carbons (Fsp3) is 0.917. The number of carbonyl (C=O) groups excluding carboxylic acids is 1. The molecule has 2 rings (SSSR count). The molecule has 5 heteroatoms. The molecule has 98 valence electrons. The lowest BCUT2D eigenvalue weighted by atomic mass is 9.75. The summed E-state index contributed by atoms with van der Waals surface area (Å²) < 4.78 is 26.2. The standard InChI is InChI=1S/C12H21NO3S/c1-8(2)13-17(15,16)12-6-5-9(7-12)11(3,4)10(12)14/h8-9,13H,5-7H2,1-4H3/t9?,12-/m1/s1. The first-order chi connectivity index (χ1) is 7.63. The predicted octanol–water partition coefficient (Wildman–Crippen LogP) is 1.46. The largest absolute Gasteiger partial charge is 0.297 e. The molecule has 2 bridgehead atoms. The van der Waals surface area contributed by atoms with Crippen LogP contribution in [-0.4, -0.2) is 25.0 Å². The first kappa shape index (κ1) is 13.0. The first-order valence-electron chi connectivity index (χ1n) is 6.20. The Morgan fingerprint density at radius 2 is 1.94 bits per heavy atom. The number of sulfonamides is 1. The van der Waals surface area contributed by atoms with E-state index in [4.69, 9.17) is 0 Å². The van der Waals surface area contributed by atoms with Gasteiger partial charge in [0.1, 0.15) is 4.75 Å². The van der Waals surface area contributed by atoms with Crippen molar-refractivity contribution in [3.8, 4) is 0 Å². The molecule has 0 aromatic carbocycles. The molecule has 2 aliphatic rings. The summed E-state index contributed by atoms with van der Waals surface area (Å²) in [6.45, 7) is 7.33. The van der Waals surface area contributed by atoms with E-state index in [2.05, 4.69) is 4.72 Å². The molecule has 0 saturated heterocycles. The normalized spacial score (nSPS) is 35.8. The third kappa shape index (κ3) is 1.58. The average molecular weight is 259 g/mol. The van der Waals surface area contributed by atoms with Crippen molar-refractivity contribution in [1.29, 1.82) is 0 Å². The molecule has 17 heavy (non-hydrogen) atoms. The van der Waals surface area contributed by atoms with E-state index >= 15 is 0 Å². The highest BCUT2D eigenvalue weighted by molar-refractivity contribution is 7.91. The number of fused-ring (bicyclic) bond motifs is 2. The van der Waals surface area contributed by atoms with Gasteiger partial charge in [-0.1, -0.05) is 13.8 Å². The van der Waals surface area contributed by atoms with Crippen molar-refractivity contribution in [2.45, 2.75) is 57.7 Å². The number of rotatable bonds is 3. The van der Waals surface area contributed by atoms with Gasteiger partial charge in [0.25, 0.3) is 0 Å². The van der Waals surface area contributed by atoms with Crippen molar-refractivity contribution in [1.82, 2.24) is 4.72 Å². The van der Waals surface area contributed by atoms with Crippen LogP contribution in [0.15, 0.2) is 0 Å². The lowest BCUT2D eigenvalue weighted by Gasteiger charge is -2.33. The van der Waals surface area contributed by atoms with Gasteiger partial charge in [-0.05, 0) is 39.0 Å². The Hall–Kier alpha value is -0.420. The van der Waals surface area contributed by atoms with Gasteiger partial charge in [-0.3, -0.25) is 4.79 Å². The van der Waals surface area contributed by atoms with Crippen LogP contribution in [0.25, 0.3) is 0 Å². The van der Waals surface area contributed by atoms with Crippen LogP contribution in [0.4, 0.5) is 0 Å². The minimum atomic E-state index is -3.55. The van der Waals surface area contributed by atoms with Crippen molar-refractivity contribution in [2.24, 2.45) is 11.3 Å². The van der Waals surface area contributed by atoms with Crippen LogP contribution < -0.4 is 4.72 Å². The van der Waals surface area contributed by atoms with Crippen LogP contribution in [0.5, 0.6) is 0 Å². The summed E-state index contributed by atoms with van der Waals surface area (Å²) in [6.07, 6.45) is 1.83. The van der Waals surface area contributed by atoms with Crippen LogP contribution in [0.1, 0.15) is 47.0 Å². The van der Waals surface area contributed by atoms with Crippen LogP contribution in [0, 0.1) is 11.3 Å². The monoisotopic (exact) mass is 259 g/mol. The third-order valence-corrected chi connectivity index (χ3v) is 6.76. The Balaban J connectivity index is 2.42. The number of hydrogen-bond donors (Lipinski definition) is 1. The number of nitrogens with one attached hydrogen (secondary N) is 1. The van der Waals surface area contributed by atoms with Gasteiger partial charge in [0, 0.05) is 11.5 Å². The van der Waals surface area contributed by atoms with Crippen molar-refractivity contribution < 1.29 is 13.2 Å². The zero-order chi connectivity index (χ0) is 13.1. The number of Topliss-reactive ketones (excluding diaryl/α,β-unsaturated/α-hetero) is 1. The van der Waals surface area contributed by atoms with Gasteiger partial charge in [0.15, 0.2) is 5.78 Å². The first-order valence-corrected chi connectivity index (χ1v) is 7.68. The molecular weight excluding hydrogens is 238 g/mol. The minimum Gasteiger partial charge on any atom is -0.297 e. The molecule has 0 amide bonds. The maximum absolute atomic E-state index is 12.4. The Morgan fingerprint density at radius 3 is 2.35 bits per heavy atom. The molecule has 0 aliphatic heterocycles. The van der Waals surface area contributed by atoms with E-state index in [9.17, 15) is 13.2 Å². The Bertz CT molecular complexity index is 452. The molecule has 4 nitrogen and oxygen atoms in total. The lowest BCUT2D eigenvalue weighted by molar-refractivity contribution is -0.129. The molecule has 2 saturated carbocycles. The molecule has 1 N–H and O–H groups in total. The van der Waals surface area contributed by atoms with Gasteiger partial charge in [0.2, 0.25) is 10.0 Å². The third-order valence-electron chi connectivity index (χ3n) is 4.40. The van der Waals surface area contributed by atoms with Gasteiger partial charge >= 0.3 is 0 Å². The van der Waals surface area contributed by atoms with E-state index in [0.717, 1.165) is 6.42 Å². The number of ketones is 1. The molecule has 2 atom stereocenters. The number of carbonyl (C=O) groups is 1. The topological polar surface area (TPSA) is 63.2 Å². The van der Waals surface area contributed by atoms with E-state index < -0.39 is 20.2 Å². The molecule has 0 radical (unpaired) electrons. The smallest absolute Gasteiger partial charge is 0.224 e. The van der Waals surface area contributed by atoms with E-state index in [1.165, 1.54) is 0 Å². The van der Waals surface area contributed by atoms with E-state index in [-0.39, 0.29) is 17.7 Å².